The smallest absolute Gasteiger partial charge is 0.338 e. The van der Waals surface area contributed by atoms with Gasteiger partial charge in [0.15, 0.2) is 0 Å². The van der Waals surface area contributed by atoms with Crippen molar-refractivity contribution in [2.45, 2.75) is 6.92 Å². The number of hydrogen-bond acceptors (Lipinski definition) is 3. The second-order valence-electron chi connectivity index (χ2n) is 1.88. The van der Waals surface area contributed by atoms with E-state index in [1.165, 1.54) is 7.11 Å². The van der Waals surface area contributed by atoms with Crippen LogP contribution in [0.5, 0.6) is 0 Å². The van der Waals surface area contributed by atoms with Crippen LogP contribution in [-0.2, 0) is 4.74 Å². The number of aryl methyl sites for hydroxylation is 1. The van der Waals surface area contributed by atoms with E-state index in [0.717, 1.165) is 4.88 Å². The van der Waals surface area contributed by atoms with Gasteiger partial charge < -0.3 is 4.74 Å². The Kier molecular flexibility index (Phi) is 2.06. The number of carbonyl (C=O) groups excluding carboxylic acids is 1. The zero-order valence-corrected chi connectivity index (χ0v) is 6.70. The van der Waals surface area contributed by atoms with Crippen LogP contribution < -0.4 is 0 Å². The fourth-order valence-corrected chi connectivity index (χ4v) is 1.39. The van der Waals surface area contributed by atoms with Gasteiger partial charge in [0, 0.05) is 4.88 Å². The molecular formula is C7H8O2S. The van der Waals surface area contributed by atoms with Crippen molar-refractivity contribution in [1.82, 2.24) is 0 Å². The molecule has 0 unspecified atom stereocenters. The van der Waals surface area contributed by atoms with Gasteiger partial charge in [0.25, 0.3) is 0 Å². The minimum absolute atomic E-state index is 0.251. The number of methoxy groups -OCH3 is 1. The third kappa shape index (κ3) is 1.19. The average Bonchev–Trinajstić information content (AvgIpc) is 2.34. The summed E-state index contributed by atoms with van der Waals surface area (Å²) in [5, 5.41) is 1.88. The number of thiophene rings is 1. The third-order valence-corrected chi connectivity index (χ3v) is 2.11. The van der Waals surface area contributed by atoms with E-state index in [1.807, 2.05) is 12.3 Å². The lowest BCUT2D eigenvalue weighted by Gasteiger charge is -1.94. The van der Waals surface area contributed by atoms with E-state index in [1.54, 1.807) is 17.4 Å². The highest BCUT2D eigenvalue weighted by Gasteiger charge is 2.08. The van der Waals surface area contributed by atoms with E-state index in [2.05, 4.69) is 4.74 Å². The number of hydrogen-bond donors (Lipinski definition) is 0. The SMILES string of the molecule is COC(=O)c1ccsc1C. The number of rotatable bonds is 1. The molecule has 10 heavy (non-hydrogen) atoms. The summed E-state index contributed by atoms with van der Waals surface area (Å²) in [5.41, 5.74) is 0.674. The first-order valence-corrected chi connectivity index (χ1v) is 3.76. The van der Waals surface area contributed by atoms with E-state index in [0.29, 0.717) is 5.56 Å². The monoisotopic (exact) mass is 156 g/mol. The first kappa shape index (κ1) is 7.28. The number of esters is 1. The maximum Gasteiger partial charge on any atom is 0.338 e. The molecule has 0 amide bonds. The standard InChI is InChI=1S/C7H8O2S/c1-5-6(3-4-10-5)7(8)9-2/h3-4H,1-2H3. The van der Waals surface area contributed by atoms with Crippen LogP contribution in [0.3, 0.4) is 0 Å². The van der Waals surface area contributed by atoms with E-state index < -0.39 is 0 Å². The first-order valence-electron chi connectivity index (χ1n) is 2.88. The molecule has 2 nitrogen and oxygen atoms in total. The van der Waals surface area contributed by atoms with Crippen molar-refractivity contribution in [2.24, 2.45) is 0 Å². The molecular weight excluding hydrogens is 148 g/mol. The largest absolute Gasteiger partial charge is 0.465 e. The van der Waals surface area contributed by atoms with Crippen molar-refractivity contribution in [2.75, 3.05) is 7.11 Å². The highest BCUT2D eigenvalue weighted by atomic mass is 32.1. The van der Waals surface area contributed by atoms with E-state index in [-0.39, 0.29) is 5.97 Å². The lowest BCUT2D eigenvalue weighted by Crippen LogP contribution is -2.00. The Morgan fingerprint density at radius 2 is 2.40 bits per heavy atom. The summed E-state index contributed by atoms with van der Waals surface area (Å²) >= 11 is 1.55. The quantitative estimate of drug-likeness (QED) is 0.580. The maximum atomic E-state index is 10.9. The summed E-state index contributed by atoms with van der Waals surface area (Å²) < 4.78 is 4.54. The molecule has 1 rings (SSSR count). The lowest BCUT2D eigenvalue weighted by molar-refractivity contribution is 0.0600. The maximum absolute atomic E-state index is 10.9. The summed E-state index contributed by atoms with van der Waals surface area (Å²) in [4.78, 5) is 11.9. The fourth-order valence-electron chi connectivity index (χ4n) is 0.707. The molecule has 1 aromatic rings. The lowest BCUT2D eigenvalue weighted by atomic mass is 10.3. The third-order valence-electron chi connectivity index (χ3n) is 1.26. The predicted octanol–water partition coefficient (Wildman–Crippen LogP) is 1.84. The molecule has 54 valence electrons. The molecule has 0 atom stereocenters. The molecule has 0 aliphatic rings. The predicted molar refractivity (Wildman–Crippen MR) is 40.4 cm³/mol. The van der Waals surface area contributed by atoms with Crippen molar-refractivity contribution in [3.63, 3.8) is 0 Å². The summed E-state index contributed by atoms with van der Waals surface area (Å²) in [6.07, 6.45) is 0. The molecule has 0 saturated carbocycles. The van der Waals surface area contributed by atoms with Crippen LogP contribution in [0.15, 0.2) is 11.4 Å². The summed E-state index contributed by atoms with van der Waals surface area (Å²) in [5.74, 6) is -0.251. The summed E-state index contributed by atoms with van der Waals surface area (Å²) in [6.45, 7) is 1.90. The van der Waals surface area contributed by atoms with Crippen LogP contribution >= 0.6 is 11.3 Å². The molecule has 1 aromatic heterocycles. The van der Waals surface area contributed by atoms with E-state index >= 15 is 0 Å². The van der Waals surface area contributed by atoms with E-state index in [4.69, 9.17) is 0 Å². The van der Waals surface area contributed by atoms with Gasteiger partial charge in [0.1, 0.15) is 0 Å². The average molecular weight is 156 g/mol. The van der Waals surface area contributed by atoms with Gasteiger partial charge in [-0.05, 0) is 18.4 Å². The molecule has 0 aliphatic heterocycles. The van der Waals surface area contributed by atoms with E-state index in [9.17, 15) is 4.79 Å². The molecule has 0 aliphatic carbocycles. The van der Waals surface area contributed by atoms with Gasteiger partial charge in [0.05, 0.1) is 12.7 Å². The molecule has 0 bridgehead atoms. The zero-order chi connectivity index (χ0) is 7.56. The molecule has 0 spiro atoms. The van der Waals surface area contributed by atoms with Gasteiger partial charge >= 0.3 is 5.97 Å². The zero-order valence-electron chi connectivity index (χ0n) is 5.88. The van der Waals surface area contributed by atoms with Gasteiger partial charge in [-0.15, -0.1) is 11.3 Å². The summed E-state index contributed by atoms with van der Waals surface area (Å²) in [7, 11) is 1.39. The Morgan fingerprint density at radius 3 is 2.80 bits per heavy atom. The van der Waals surface area contributed by atoms with Gasteiger partial charge in [0.2, 0.25) is 0 Å². The Balaban J connectivity index is 2.93. The van der Waals surface area contributed by atoms with Crippen molar-refractivity contribution in [3.05, 3.63) is 21.9 Å². The second kappa shape index (κ2) is 2.84. The molecule has 0 fully saturated rings. The molecule has 3 heteroatoms. The topological polar surface area (TPSA) is 26.3 Å². The molecule has 0 aromatic carbocycles. The molecule has 0 N–H and O–H groups in total. The minimum Gasteiger partial charge on any atom is -0.465 e. The molecule has 1 heterocycles. The van der Waals surface area contributed by atoms with Crippen LogP contribution in [0.4, 0.5) is 0 Å². The van der Waals surface area contributed by atoms with Crippen molar-refractivity contribution in [1.29, 1.82) is 0 Å². The second-order valence-corrected chi connectivity index (χ2v) is 3.00. The Hall–Kier alpha value is -0.830. The van der Waals surface area contributed by atoms with Crippen molar-refractivity contribution in [3.8, 4) is 0 Å². The Labute approximate surface area is 63.4 Å². The van der Waals surface area contributed by atoms with Gasteiger partial charge in [-0.3, -0.25) is 0 Å². The number of ether oxygens (including phenoxy) is 1. The highest BCUT2D eigenvalue weighted by molar-refractivity contribution is 7.10. The minimum atomic E-state index is -0.251. The fraction of sp³-hybridized carbons (Fsp3) is 0.286. The number of carbonyl (C=O) groups is 1. The van der Waals surface area contributed by atoms with Crippen LogP contribution in [0.1, 0.15) is 15.2 Å². The van der Waals surface area contributed by atoms with Gasteiger partial charge in [-0.1, -0.05) is 0 Å². The van der Waals surface area contributed by atoms with Gasteiger partial charge in [-0.2, -0.15) is 0 Å². The first-order chi connectivity index (χ1) is 4.75. The Bertz CT molecular complexity index is 240. The molecule has 0 saturated heterocycles. The van der Waals surface area contributed by atoms with Crippen LogP contribution in [0.25, 0.3) is 0 Å². The van der Waals surface area contributed by atoms with Crippen molar-refractivity contribution < 1.29 is 9.53 Å². The normalized spacial score (nSPS) is 9.40. The summed E-state index contributed by atoms with van der Waals surface area (Å²) in [6, 6.07) is 1.77. The van der Waals surface area contributed by atoms with Gasteiger partial charge in [-0.25, -0.2) is 4.79 Å². The highest BCUT2D eigenvalue weighted by Crippen LogP contribution is 2.15. The molecule has 0 radical (unpaired) electrons. The Morgan fingerprint density at radius 1 is 1.70 bits per heavy atom. The van der Waals surface area contributed by atoms with Crippen LogP contribution in [0, 0.1) is 6.92 Å². The van der Waals surface area contributed by atoms with Crippen LogP contribution in [-0.4, -0.2) is 13.1 Å². The van der Waals surface area contributed by atoms with Crippen molar-refractivity contribution >= 4 is 17.3 Å². The van der Waals surface area contributed by atoms with Crippen LogP contribution in [0.2, 0.25) is 0 Å².